The van der Waals surface area contributed by atoms with Crippen LogP contribution in [0.15, 0.2) is 23.2 Å². The summed E-state index contributed by atoms with van der Waals surface area (Å²) in [5.41, 5.74) is 6.63. The molecule has 1 saturated carbocycles. The Hall–Kier alpha value is -1.83. The molecule has 1 saturated heterocycles. The van der Waals surface area contributed by atoms with Crippen molar-refractivity contribution in [3.05, 3.63) is 29.6 Å². The molecule has 0 unspecified atom stereocenters. The van der Waals surface area contributed by atoms with Gasteiger partial charge in [-0.1, -0.05) is 18.9 Å². The lowest BCUT2D eigenvalue weighted by molar-refractivity contribution is 0.594. The molecule has 1 heterocycles. The molecular weight excluding hydrogens is 331 g/mol. The Bertz CT molecular complexity index is 730. The first-order chi connectivity index (χ1) is 11.5. The Morgan fingerprint density at radius 3 is 2.71 bits per heavy atom. The molecule has 8 heteroatoms. The number of nitrogens with two attached hydrogens (primary N) is 1. The Labute approximate surface area is 142 Å². The Morgan fingerprint density at radius 1 is 1.33 bits per heavy atom. The summed E-state index contributed by atoms with van der Waals surface area (Å²) in [5, 5.41) is 3.18. The quantitative estimate of drug-likeness (QED) is 0.636. The molecule has 0 radical (unpaired) electrons. The second kappa shape index (κ2) is 6.96. The van der Waals surface area contributed by atoms with Gasteiger partial charge in [0.15, 0.2) is 5.96 Å². The SMILES string of the molecule is NC(=NCc1ccc(N2CCCS2(=O)=O)c(F)c1)NC1CCCC1. The molecule has 1 aliphatic heterocycles. The van der Waals surface area contributed by atoms with Crippen LogP contribution >= 0.6 is 0 Å². The smallest absolute Gasteiger partial charge is 0.235 e. The fraction of sp³-hybridized carbons (Fsp3) is 0.562. The normalized spacial score (nSPS) is 21.4. The fourth-order valence-electron chi connectivity index (χ4n) is 3.26. The third-order valence-electron chi connectivity index (χ3n) is 4.52. The van der Waals surface area contributed by atoms with E-state index in [1.165, 1.54) is 25.0 Å². The number of hydrogen-bond acceptors (Lipinski definition) is 3. The van der Waals surface area contributed by atoms with Gasteiger partial charge in [-0.05, 0) is 37.0 Å². The van der Waals surface area contributed by atoms with E-state index in [1.54, 1.807) is 6.07 Å². The molecule has 1 aliphatic carbocycles. The van der Waals surface area contributed by atoms with Crippen LogP contribution in [0.1, 0.15) is 37.7 Å². The predicted octanol–water partition coefficient (Wildman–Crippen LogP) is 1.71. The maximum absolute atomic E-state index is 14.3. The molecule has 24 heavy (non-hydrogen) atoms. The molecule has 0 bridgehead atoms. The van der Waals surface area contributed by atoms with Crippen LogP contribution in [0.4, 0.5) is 10.1 Å². The molecule has 2 fully saturated rings. The molecule has 6 nitrogen and oxygen atoms in total. The number of sulfonamides is 1. The monoisotopic (exact) mass is 354 g/mol. The van der Waals surface area contributed by atoms with Crippen molar-refractivity contribution in [2.75, 3.05) is 16.6 Å². The lowest BCUT2D eigenvalue weighted by atomic mass is 10.2. The van der Waals surface area contributed by atoms with Gasteiger partial charge in [0.25, 0.3) is 0 Å². The van der Waals surface area contributed by atoms with Crippen LogP contribution in [0.5, 0.6) is 0 Å². The van der Waals surface area contributed by atoms with Gasteiger partial charge in [0.1, 0.15) is 5.82 Å². The Morgan fingerprint density at radius 2 is 2.08 bits per heavy atom. The van der Waals surface area contributed by atoms with Crippen molar-refractivity contribution in [1.29, 1.82) is 0 Å². The van der Waals surface area contributed by atoms with E-state index in [0.29, 0.717) is 30.5 Å². The van der Waals surface area contributed by atoms with E-state index in [1.807, 2.05) is 0 Å². The maximum Gasteiger partial charge on any atom is 0.235 e. The van der Waals surface area contributed by atoms with Crippen LogP contribution in [0.2, 0.25) is 0 Å². The molecule has 0 aromatic heterocycles. The van der Waals surface area contributed by atoms with Gasteiger partial charge in [-0.15, -0.1) is 0 Å². The van der Waals surface area contributed by atoms with Crippen molar-refractivity contribution in [1.82, 2.24) is 5.32 Å². The zero-order valence-electron chi connectivity index (χ0n) is 13.5. The van der Waals surface area contributed by atoms with Crippen LogP contribution < -0.4 is 15.4 Å². The van der Waals surface area contributed by atoms with Crippen molar-refractivity contribution in [3.8, 4) is 0 Å². The van der Waals surface area contributed by atoms with Crippen molar-refractivity contribution in [3.63, 3.8) is 0 Å². The summed E-state index contributed by atoms with van der Waals surface area (Å²) in [6.07, 6.45) is 5.14. The van der Waals surface area contributed by atoms with Crippen LogP contribution in [0, 0.1) is 5.82 Å². The van der Waals surface area contributed by atoms with E-state index < -0.39 is 15.8 Å². The fourth-order valence-corrected chi connectivity index (χ4v) is 4.83. The molecular formula is C16H23FN4O2S. The van der Waals surface area contributed by atoms with Gasteiger partial charge in [0.2, 0.25) is 10.0 Å². The number of nitrogens with zero attached hydrogens (tertiary/aromatic N) is 2. The van der Waals surface area contributed by atoms with Gasteiger partial charge in [-0.3, -0.25) is 4.31 Å². The number of anilines is 1. The van der Waals surface area contributed by atoms with Crippen molar-refractivity contribution in [2.45, 2.75) is 44.7 Å². The second-order valence-electron chi connectivity index (χ2n) is 6.35. The van der Waals surface area contributed by atoms with E-state index in [2.05, 4.69) is 10.3 Å². The standard InChI is InChI=1S/C16H23FN4O2S/c17-14-10-12(11-19-16(18)20-13-4-1-2-5-13)6-7-15(14)21-8-3-9-24(21,22)23/h6-7,10,13H,1-5,8-9,11H2,(H3,18,19,20). The number of hydrogen-bond donors (Lipinski definition) is 2. The van der Waals surface area contributed by atoms with Gasteiger partial charge in [-0.25, -0.2) is 17.8 Å². The summed E-state index contributed by atoms with van der Waals surface area (Å²) in [6.45, 7) is 0.588. The average Bonchev–Trinajstić information content (AvgIpc) is 3.15. The van der Waals surface area contributed by atoms with Crippen LogP contribution in [-0.4, -0.2) is 32.7 Å². The second-order valence-corrected chi connectivity index (χ2v) is 8.37. The first-order valence-electron chi connectivity index (χ1n) is 8.31. The highest BCUT2D eigenvalue weighted by molar-refractivity contribution is 7.93. The van der Waals surface area contributed by atoms with E-state index in [0.717, 1.165) is 17.1 Å². The summed E-state index contributed by atoms with van der Waals surface area (Å²) in [5.74, 6) is -0.106. The van der Waals surface area contributed by atoms with E-state index in [-0.39, 0.29) is 18.0 Å². The predicted molar refractivity (Wildman–Crippen MR) is 92.9 cm³/mol. The summed E-state index contributed by atoms with van der Waals surface area (Å²) in [6, 6.07) is 4.91. The lowest BCUT2D eigenvalue weighted by Crippen LogP contribution is -2.38. The number of nitrogens with one attached hydrogen (secondary N) is 1. The summed E-state index contributed by atoms with van der Waals surface area (Å²) >= 11 is 0. The van der Waals surface area contributed by atoms with E-state index in [4.69, 9.17) is 5.73 Å². The molecule has 1 aromatic rings. The topological polar surface area (TPSA) is 87.8 Å². The molecule has 2 aliphatic rings. The van der Waals surface area contributed by atoms with Gasteiger partial charge in [0, 0.05) is 12.6 Å². The van der Waals surface area contributed by atoms with Crippen LogP contribution in [-0.2, 0) is 16.6 Å². The molecule has 0 amide bonds. The summed E-state index contributed by atoms with van der Waals surface area (Å²) in [7, 11) is -3.38. The highest BCUT2D eigenvalue weighted by Crippen LogP contribution is 2.27. The Kier molecular flexibility index (Phi) is 4.93. The highest BCUT2D eigenvalue weighted by atomic mass is 32.2. The van der Waals surface area contributed by atoms with Crippen LogP contribution in [0.25, 0.3) is 0 Å². The average molecular weight is 354 g/mol. The Balaban J connectivity index is 1.66. The third kappa shape index (κ3) is 3.80. The molecule has 1 aromatic carbocycles. The van der Waals surface area contributed by atoms with Crippen molar-refractivity contribution in [2.24, 2.45) is 10.7 Å². The number of guanidine groups is 1. The minimum atomic E-state index is -3.38. The number of aliphatic imine (C=N–C) groups is 1. The minimum absolute atomic E-state index is 0.0713. The zero-order valence-corrected chi connectivity index (χ0v) is 14.4. The zero-order chi connectivity index (χ0) is 17.2. The van der Waals surface area contributed by atoms with Gasteiger partial charge in [-0.2, -0.15) is 0 Å². The van der Waals surface area contributed by atoms with Gasteiger partial charge in [0.05, 0.1) is 18.0 Å². The van der Waals surface area contributed by atoms with E-state index >= 15 is 0 Å². The molecule has 0 spiro atoms. The highest BCUT2D eigenvalue weighted by Gasteiger charge is 2.30. The molecule has 3 N–H and O–H groups in total. The maximum atomic E-state index is 14.3. The largest absolute Gasteiger partial charge is 0.370 e. The number of benzene rings is 1. The first kappa shape index (κ1) is 17.0. The van der Waals surface area contributed by atoms with Gasteiger partial charge < -0.3 is 11.1 Å². The molecule has 0 atom stereocenters. The number of rotatable bonds is 4. The lowest BCUT2D eigenvalue weighted by Gasteiger charge is -2.18. The van der Waals surface area contributed by atoms with Crippen molar-refractivity contribution >= 4 is 21.7 Å². The van der Waals surface area contributed by atoms with Crippen LogP contribution in [0.3, 0.4) is 0 Å². The van der Waals surface area contributed by atoms with E-state index in [9.17, 15) is 12.8 Å². The summed E-state index contributed by atoms with van der Waals surface area (Å²) < 4.78 is 39.2. The summed E-state index contributed by atoms with van der Waals surface area (Å²) in [4.78, 5) is 4.24. The first-order valence-corrected chi connectivity index (χ1v) is 9.92. The molecule has 3 rings (SSSR count). The third-order valence-corrected chi connectivity index (χ3v) is 6.37. The molecule has 132 valence electrons. The van der Waals surface area contributed by atoms with Crippen molar-refractivity contribution < 1.29 is 12.8 Å². The number of halogens is 1. The van der Waals surface area contributed by atoms with Gasteiger partial charge >= 0.3 is 0 Å². The minimum Gasteiger partial charge on any atom is -0.370 e.